The van der Waals surface area contributed by atoms with Gasteiger partial charge in [-0.2, -0.15) is 5.26 Å². The number of anilines is 1. The van der Waals surface area contributed by atoms with Crippen LogP contribution in [0.5, 0.6) is 0 Å². The summed E-state index contributed by atoms with van der Waals surface area (Å²) in [5, 5.41) is 15.6. The number of nitrogens with one attached hydrogen (secondary N) is 2. The minimum atomic E-state index is -0.440. The summed E-state index contributed by atoms with van der Waals surface area (Å²) in [6.07, 6.45) is 1.32. The van der Waals surface area contributed by atoms with Gasteiger partial charge in [-0.05, 0) is 48.7 Å². The zero-order chi connectivity index (χ0) is 28.5. The largest absolute Gasteiger partial charge is 0.469 e. The van der Waals surface area contributed by atoms with E-state index in [-0.39, 0.29) is 43.1 Å². The topological polar surface area (TPSA) is 124 Å². The van der Waals surface area contributed by atoms with Crippen LogP contribution in [0.3, 0.4) is 0 Å². The van der Waals surface area contributed by atoms with Gasteiger partial charge >= 0.3 is 5.97 Å². The molecule has 0 radical (unpaired) electrons. The van der Waals surface area contributed by atoms with Crippen molar-refractivity contribution < 1.29 is 23.5 Å². The zero-order valence-corrected chi connectivity index (χ0v) is 22.2. The number of esters is 1. The Kier molecular flexibility index (Phi) is 9.41. The minimum absolute atomic E-state index is 0.0164. The number of carbonyl (C=O) groups is 3. The Balaban J connectivity index is 1.47. The first-order valence-electron chi connectivity index (χ1n) is 13.0. The first-order chi connectivity index (χ1) is 19.4. The molecule has 1 aromatic heterocycles. The average Bonchev–Trinajstić information content (AvgIpc) is 2.95. The van der Waals surface area contributed by atoms with Crippen LogP contribution in [0.1, 0.15) is 40.7 Å². The molecule has 0 aliphatic carbocycles. The van der Waals surface area contributed by atoms with E-state index in [1.807, 2.05) is 12.1 Å². The van der Waals surface area contributed by atoms with Gasteiger partial charge in [0.1, 0.15) is 11.6 Å². The maximum atomic E-state index is 13.6. The second-order valence-corrected chi connectivity index (χ2v) is 9.37. The lowest BCUT2D eigenvalue weighted by atomic mass is 10.0. The molecule has 0 unspecified atom stereocenters. The molecule has 1 atom stereocenters. The number of hydrogen-bond donors (Lipinski definition) is 2. The highest BCUT2D eigenvalue weighted by Crippen LogP contribution is 2.25. The highest BCUT2D eigenvalue weighted by molar-refractivity contribution is 5.99. The standard InChI is InChI=1S/C30H30FN5O4/c1-40-28(38)12-11-27(37)36-16-14-23(36)19-34-30(39)25-9-10-26(24-8-3-2-6-21(24)18-32)35-29(25)33-15-13-20-5-4-7-22(31)17-20/h2-10,17,23H,11-16,19H2,1H3,(H,33,35)(H,34,39)/t23-/m1/s1. The molecule has 1 aliphatic heterocycles. The molecule has 1 aliphatic rings. The summed E-state index contributed by atoms with van der Waals surface area (Å²) in [7, 11) is 1.28. The Labute approximate surface area is 232 Å². The van der Waals surface area contributed by atoms with E-state index in [9.17, 15) is 24.0 Å². The van der Waals surface area contributed by atoms with E-state index in [0.29, 0.717) is 47.7 Å². The molecule has 10 heteroatoms. The summed E-state index contributed by atoms with van der Waals surface area (Å²) < 4.78 is 18.2. The summed E-state index contributed by atoms with van der Waals surface area (Å²) >= 11 is 0. The van der Waals surface area contributed by atoms with Crippen LogP contribution in [-0.4, -0.2) is 60.5 Å². The van der Waals surface area contributed by atoms with Gasteiger partial charge in [-0.25, -0.2) is 9.37 Å². The third-order valence-electron chi connectivity index (χ3n) is 6.79. The van der Waals surface area contributed by atoms with E-state index >= 15 is 0 Å². The van der Waals surface area contributed by atoms with Crippen molar-refractivity contribution in [2.24, 2.45) is 0 Å². The van der Waals surface area contributed by atoms with Gasteiger partial charge in [0.15, 0.2) is 0 Å². The number of methoxy groups -OCH3 is 1. The maximum Gasteiger partial charge on any atom is 0.306 e. The zero-order valence-electron chi connectivity index (χ0n) is 22.2. The van der Waals surface area contributed by atoms with Gasteiger partial charge in [-0.15, -0.1) is 0 Å². The van der Waals surface area contributed by atoms with Crippen LogP contribution < -0.4 is 10.6 Å². The van der Waals surface area contributed by atoms with Crippen molar-refractivity contribution >= 4 is 23.6 Å². The molecule has 4 rings (SSSR count). The summed E-state index contributed by atoms with van der Waals surface area (Å²) in [5.41, 5.74) is 2.73. The third-order valence-corrected chi connectivity index (χ3v) is 6.79. The average molecular weight is 544 g/mol. The molecule has 3 aromatic rings. The third kappa shape index (κ3) is 6.99. The second kappa shape index (κ2) is 13.3. The van der Waals surface area contributed by atoms with Crippen LogP contribution in [0.2, 0.25) is 0 Å². The number of rotatable bonds is 11. The van der Waals surface area contributed by atoms with Gasteiger partial charge in [0.2, 0.25) is 5.91 Å². The fourth-order valence-corrected chi connectivity index (χ4v) is 4.49. The van der Waals surface area contributed by atoms with Crippen molar-refractivity contribution in [1.29, 1.82) is 5.26 Å². The Bertz CT molecular complexity index is 1440. The van der Waals surface area contributed by atoms with Crippen LogP contribution in [0.25, 0.3) is 11.3 Å². The number of pyridine rings is 1. The maximum absolute atomic E-state index is 13.6. The molecule has 2 N–H and O–H groups in total. The number of benzene rings is 2. The number of hydrogen-bond acceptors (Lipinski definition) is 7. The van der Waals surface area contributed by atoms with Crippen molar-refractivity contribution in [2.75, 3.05) is 32.1 Å². The highest BCUT2D eigenvalue weighted by Gasteiger charge is 2.32. The van der Waals surface area contributed by atoms with Crippen molar-refractivity contribution in [3.8, 4) is 17.3 Å². The smallest absolute Gasteiger partial charge is 0.306 e. The van der Waals surface area contributed by atoms with Crippen LogP contribution in [-0.2, 0) is 20.7 Å². The van der Waals surface area contributed by atoms with Crippen molar-refractivity contribution in [3.05, 3.63) is 83.2 Å². The first kappa shape index (κ1) is 28.2. The predicted molar refractivity (Wildman–Crippen MR) is 147 cm³/mol. The fourth-order valence-electron chi connectivity index (χ4n) is 4.49. The van der Waals surface area contributed by atoms with Crippen molar-refractivity contribution in [3.63, 3.8) is 0 Å². The lowest BCUT2D eigenvalue weighted by Gasteiger charge is -2.41. The molecule has 0 saturated carbocycles. The van der Waals surface area contributed by atoms with Crippen molar-refractivity contribution in [2.45, 2.75) is 31.7 Å². The molecular formula is C30H30FN5O4. The van der Waals surface area contributed by atoms with Crippen LogP contribution in [0, 0.1) is 17.1 Å². The van der Waals surface area contributed by atoms with Gasteiger partial charge in [-0.3, -0.25) is 14.4 Å². The van der Waals surface area contributed by atoms with Gasteiger partial charge in [0, 0.05) is 31.6 Å². The lowest BCUT2D eigenvalue weighted by Crippen LogP contribution is -2.56. The van der Waals surface area contributed by atoms with Gasteiger partial charge in [0.25, 0.3) is 5.91 Å². The normalized spacial score (nSPS) is 14.0. The van der Waals surface area contributed by atoms with E-state index in [1.54, 1.807) is 41.3 Å². The molecule has 9 nitrogen and oxygen atoms in total. The molecule has 206 valence electrons. The SMILES string of the molecule is COC(=O)CCC(=O)N1CC[C@@H]1CNC(=O)c1ccc(-c2ccccc2C#N)nc1NCCc1cccc(F)c1. The Morgan fingerprint density at radius 2 is 1.95 bits per heavy atom. The molecule has 2 heterocycles. The monoisotopic (exact) mass is 543 g/mol. The Morgan fingerprint density at radius 3 is 2.67 bits per heavy atom. The summed E-state index contributed by atoms with van der Waals surface area (Å²) in [6.45, 7) is 1.22. The molecule has 1 saturated heterocycles. The molecule has 0 bridgehead atoms. The predicted octanol–water partition coefficient (Wildman–Crippen LogP) is 3.70. The summed E-state index contributed by atoms with van der Waals surface area (Å²) in [5.74, 6) is -0.949. The molecule has 2 amide bonds. The van der Waals surface area contributed by atoms with Gasteiger partial charge < -0.3 is 20.3 Å². The number of amides is 2. The number of likely N-dealkylation sites (tertiary alicyclic amines) is 1. The minimum Gasteiger partial charge on any atom is -0.469 e. The molecule has 2 aromatic carbocycles. The van der Waals surface area contributed by atoms with Crippen LogP contribution >= 0.6 is 0 Å². The van der Waals surface area contributed by atoms with E-state index in [0.717, 1.165) is 12.0 Å². The Hall–Kier alpha value is -4.78. The van der Waals surface area contributed by atoms with Crippen LogP contribution in [0.15, 0.2) is 60.7 Å². The number of nitriles is 1. The van der Waals surface area contributed by atoms with Crippen LogP contribution in [0.4, 0.5) is 10.2 Å². The highest BCUT2D eigenvalue weighted by atomic mass is 19.1. The van der Waals surface area contributed by atoms with E-state index in [4.69, 9.17) is 0 Å². The first-order valence-corrected chi connectivity index (χ1v) is 13.0. The van der Waals surface area contributed by atoms with Gasteiger partial charge in [0.05, 0.1) is 42.5 Å². The number of carbonyl (C=O) groups excluding carboxylic acids is 3. The molecule has 0 spiro atoms. The van der Waals surface area contributed by atoms with E-state index < -0.39 is 5.97 Å². The van der Waals surface area contributed by atoms with E-state index in [1.165, 1.54) is 19.2 Å². The molecular weight excluding hydrogens is 513 g/mol. The number of nitrogens with zero attached hydrogens (tertiary/aromatic N) is 3. The van der Waals surface area contributed by atoms with E-state index in [2.05, 4.69) is 26.4 Å². The quantitative estimate of drug-likeness (QED) is 0.354. The number of ether oxygens (including phenoxy) is 1. The summed E-state index contributed by atoms with van der Waals surface area (Å²) in [6, 6.07) is 18.7. The Morgan fingerprint density at radius 1 is 1.12 bits per heavy atom. The number of aromatic nitrogens is 1. The van der Waals surface area contributed by atoms with Gasteiger partial charge in [-0.1, -0.05) is 30.3 Å². The molecule has 40 heavy (non-hydrogen) atoms. The lowest BCUT2D eigenvalue weighted by molar-refractivity contribution is -0.146. The summed E-state index contributed by atoms with van der Waals surface area (Å²) in [4.78, 5) is 43.4. The molecule has 1 fully saturated rings. The second-order valence-electron chi connectivity index (χ2n) is 9.37. The number of halogens is 1. The fraction of sp³-hybridized carbons (Fsp3) is 0.300. The van der Waals surface area contributed by atoms with Crippen molar-refractivity contribution in [1.82, 2.24) is 15.2 Å².